The van der Waals surface area contributed by atoms with Crippen LogP contribution < -0.4 is 16.0 Å². The van der Waals surface area contributed by atoms with Crippen molar-refractivity contribution < 1.29 is 9.53 Å². The van der Waals surface area contributed by atoms with Crippen LogP contribution in [0.4, 0.5) is 17.5 Å². The van der Waals surface area contributed by atoms with Crippen LogP contribution in [0, 0.1) is 6.92 Å². The van der Waals surface area contributed by atoms with E-state index in [-0.39, 0.29) is 24.8 Å². The van der Waals surface area contributed by atoms with E-state index in [1.807, 2.05) is 19.1 Å². The number of carbonyl (C=O) groups is 1. The van der Waals surface area contributed by atoms with Gasteiger partial charge in [-0.2, -0.15) is 5.10 Å². The maximum Gasteiger partial charge on any atom is 0.339 e. The molecular formula is C21H27Cl2N7O2. The number of rotatable bonds is 5. The van der Waals surface area contributed by atoms with Crippen molar-refractivity contribution in [1.29, 1.82) is 0 Å². The van der Waals surface area contributed by atoms with Crippen molar-refractivity contribution in [3.05, 3.63) is 35.7 Å². The van der Waals surface area contributed by atoms with Crippen molar-refractivity contribution in [2.75, 3.05) is 17.7 Å². The van der Waals surface area contributed by atoms with E-state index >= 15 is 0 Å². The zero-order valence-electron chi connectivity index (χ0n) is 17.8. The molecule has 3 atom stereocenters. The zero-order valence-corrected chi connectivity index (χ0v) is 19.5. The third kappa shape index (κ3) is 4.90. The van der Waals surface area contributed by atoms with Gasteiger partial charge in [-0.25, -0.2) is 9.78 Å². The molecule has 0 radical (unpaired) electrons. The number of methoxy groups -OCH3 is 1. The number of ether oxygens (including phenoxy) is 1. The highest BCUT2D eigenvalue weighted by molar-refractivity contribution is 5.98. The fourth-order valence-electron chi connectivity index (χ4n) is 4.51. The number of fused-ring (bicyclic) bond motifs is 3. The minimum Gasteiger partial charge on any atom is -0.465 e. The molecule has 11 heteroatoms. The Morgan fingerprint density at radius 3 is 2.53 bits per heavy atom. The van der Waals surface area contributed by atoms with E-state index in [1.54, 1.807) is 6.07 Å². The first-order valence-electron chi connectivity index (χ1n) is 10.3. The quantitative estimate of drug-likeness (QED) is 0.409. The summed E-state index contributed by atoms with van der Waals surface area (Å²) in [6.45, 7) is 1.94. The van der Waals surface area contributed by atoms with Crippen molar-refractivity contribution >= 4 is 59.1 Å². The number of pyridine rings is 2. The number of hydrogen-bond acceptors (Lipinski definition) is 8. The Hall–Kier alpha value is -2.62. The van der Waals surface area contributed by atoms with Crippen LogP contribution in [0.25, 0.3) is 10.9 Å². The Balaban J connectivity index is 0.00000144. The largest absolute Gasteiger partial charge is 0.465 e. The molecule has 0 unspecified atom stereocenters. The Labute approximate surface area is 198 Å². The molecule has 5 heterocycles. The Morgan fingerprint density at radius 2 is 1.88 bits per heavy atom. The van der Waals surface area contributed by atoms with Crippen LogP contribution in [0.3, 0.4) is 0 Å². The van der Waals surface area contributed by atoms with Gasteiger partial charge in [0.05, 0.1) is 18.2 Å². The van der Waals surface area contributed by atoms with Gasteiger partial charge in [-0.1, -0.05) is 0 Å². The molecule has 172 valence electrons. The van der Waals surface area contributed by atoms with Crippen molar-refractivity contribution in [2.45, 2.75) is 50.7 Å². The fraction of sp³-hybridized carbons (Fsp3) is 0.429. The average molecular weight is 480 g/mol. The predicted octanol–water partition coefficient (Wildman–Crippen LogP) is 3.73. The number of aromatic nitrogens is 4. The highest BCUT2D eigenvalue weighted by Crippen LogP contribution is 2.31. The summed E-state index contributed by atoms with van der Waals surface area (Å²) < 4.78 is 4.86. The van der Waals surface area contributed by atoms with Crippen molar-refractivity contribution in [1.82, 2.24) is 25.5 Å². The lowest BCUT2D eigenvalue weighted by atomic mass is 9.99. The van der Waals surface area contributed by atoms with Crippen LogP contribution >= 0.6 is 24.8 Å². The summed E-state index contributed by atoms with van der Waals surface area (Å²) >= 11 is 0. The molecule has 0 aliphatic carbocycles. The number of carbonyl (C=O) groups excluding carboxylic acids is 1. The molecule has 3 aromatic rings. The summed E-state index contributed by atoms with van der Waals surface area (Å²) in [6, 6.07) is 7.01. The van der Waals surface area contributed by atoms with Gasteiger partial charge >= 0.3 is 5.97 Å². The lowest BCUT2D eigenvalue weighted by Gasteiger charge is -2.30. The van der Waals surface area contributed by atoms with Gasteiger partial charge in [0.25, 0.3) is 0 Å². The molecule has 0 spiro atoms. The van der Waals surface area contributed by atoms with Gasteiger partial charge in [-0.15, -0.1) is 24.8 Å². The highest BCUT2D eigenvalue weighted by atomic mass is 35.5. The summed E-state index contributed by atoms with van der Waals surface area (Å²) in [4.78, 5) is 21.3. The van der Waals surface area contributed by atoms with Crippen LogP contribution in [-0.2, 0) is 4.74 Å². The maximum atomic E-state index is 12.0. The van der Waals surface area contributed by atoms with E-state index in [2.05, 4.69) is 31.1 Å². The van der Waals surface area contributed by atoms with Gasteiger partial charge in [0, 0.05) is 47.5 Å². The van der Waals surface area contributed by atoms with Crippen LogP contribution in [0.15, 0.2) is 24.4 Å². The third-order valence-corrected chi connectivity index (χ3v) is 5.88. The second-order valence-corrected chi connectivity index (χ2v) is 8.15. The van der Waals surface area contributed by atoms with E-state index in [0.29, 0.717) is 41.1 Å². The van der Waals surface area contributed by atoms with Gasteiger partial charge < -0.3 is 20.7 Å². The lowest BCUT2D eigenvalue weighted by Crippen LogP contribution is -2.43. The maximum absolute atomic E-state index is 12.0. The van der Waals surface area contributed by atoms with E-state index in [1.165, 1.54) is 26.1 Å². The Kier molecular flexibility index (Phi) is 7.43. The van der Waals surface area contributed by atoms with Gasteiger partial charge in [0.1, 0.15) is 11.6 Å². The molecule has 2 fully saturated rings. The highest BCUT2D eigenvalue weighted by Gasteiger charge is 2.33. The molecule has 2 bridgehead atoms. The molecule has 2 aliphatic heterocycles. The van der Waals surface area contributed by atoms with Crippen molar-refractivity contribution in [3.63, 3.8) is 0 Å². The normalized spacial score (nSPS) is 21.4. The number of aryl methyl sites for hydroxylation is 1. The number of halogens is 2. The molecular weight excluding hydrogens is 453 g/mol. The Bertz CT molecular complexity index is 1090. The number of piperidine rings is 1. The summed E-state index contributed by atoms with van der Waals surface area (Å²) in [5, 5.41) is 18.5. The predicted molar refractivity (Wildman–Crippen MR) is 129 cm³/mol. The summed E-state index contributed by atoms with van der Waals surface area (Å²) in [5.41, 5.74) is 2.11. The summed E-state index contributed by atoms with van der Waals surface area (Å²) in [6.07, 6.45) is 6.10. The Morgan fingerprint density at radius 1 is 1.12 bits per heavy atom. The number of aromatic amines is 1. The summed E-state index contributed by atoms with van der Waals surface area (Å²) in [5.74, 6) is 1.64. The minimum atomic E-state index is -0.413. The first kappa shape index (κ1) is 24.0. The molecule has 0 aromatic carbocycles. The molecule has 32 heavy (non-hydrogen) atoms. The monoisotopic (exact) mass is 479 g/mol. The SMILES string of the molecule is COC(=O)c1cnc2cc(Nc3cc(C)[nH]n3)nc(N[C@H]3C[C@H]4CC[C@@H](C3)N4)c2c1.Cl.Cl. The second kappa shape index (κ2) is 9.89. The average Bonchev–Trinajstić information content (AvgIpc) is 3.31. The van der Waals surface area contributed by atoms with Gasteiger partial charge in [-0.05, 0) is 38.7 Å². The number of nitrogens with zero attached hydrogens (tertiary/aromatic N) is 3. The smallest absolute Gasteiger partial charge is 0.339 e. The molecule has 5 rings (SSSR count). The topological polar surface area (TPSA) is 117 Å². The molecule has 2 saturated heterocycles. The third-order valence-electron chi connectivity index (χ3n) is 5.88. The fourth-order valence-corrected chi connectivity index (χ4v) is 4.51. The van der Waals surface area contributed by atoms with E-state index in [0.717, 1.165) is 29.4 Å². The number of esters is 1. The van der Waals surface area contributed by atoms with Crippen molar-refractivity contribution in [3.8, 4) is 0 Å². The molecule has 2 aliphatic rings. The number of hydrogen-bond donors (Lipinski definition) is 4. The molecule has 0 saturated carbocycles. The van der Waals surface area contributed by atoms with Gasteiger partial charge in [0.15, 0.2) is 5.82 Å². The van der Waals surface area contributed by atoms with Gasteiger partial charge in [0.2, 0.25) is 0 Å². The van der Waals surface area contributed by atoms with Crippen LogP contribution in [0.5, 0.6) is 0 Å². The van der Waals surface area contributed by atoms with Crippen LogP contribution in [0.2, 0.25) is 0 Å². The van der Waals surface area contributed by atoms with Crippen LogP contribution in [0.1, 0.15) is 41.7 Å². The second-order valence-electron chi connectivity index (χ2n) is 8.15. The van der Waals surface area contributed by atoms with Crippen molar-refractivity contribution in [2.24, 2.45) is 0 Å². The van der Waals surface area contributed by atoms with Gasteiger partial charge in [-0.3, -0.25) is 10.1 Å². The standard InChI is InChI=1S/C21H25N7O2.2ClH/c1-11-5-19(28-27-11)25-18-9-17-16(6-12(10-22-17)21(29)30-2)20(26-18)24-15-7-13-3-4-14(8-15)23-13;;/h5-6,9-10,13-15,23H,3-4,7-8H2,1-2H3,(H3,24,25,26,27,28);2*1H/t13-,14+,15+;;. The minimum absolute atomic E-state index is 0. The molecule has 0 amide bonds. The van der Waals surface area contributed by atoms with E-state index < -0.39 is 5.97 Å². The number of anilines is 3. The first-order chi connectivity index (χ1) is 14.6. The van der Waals surface area contributed by atoms with E-state index in [4.69, 9.17) is 9.72 Å². The lowest BCUT2D eigenvalue weighted by molar-refractivity contribution is 0.0600. The van der Waals surface area contributed by atoms with E-state index in [9.17, 15) is 4.79 Å². The first-order valence-corrected chi connectivity index (χ1v) is 10.3. The van der Waals surface area contributed by atoms with Crippen LogP contribution in [-0.4, -0.2) is 51.4 Å². The number of nitrogens with one attached hydrogen (secondary N) is 4. The molecule has 4 N–H and O–H groups in total. The molecule has 3 aromatic heterocycles. The molecule has 9 nitrogen and oxygen atoms in total. The number of H-pyrrole nitrogens is 1. The summed E-state index contributed by atoms with van der Waals surface area (Å²) in [7, 11) is 1.37. The zero-order chi connectivity index (χ0) is 20.7.